The SMILES string of the molecule is CN1CC2CN(Cc3ccccc3)CC(C1)C2=O. The Morgan fingerprint density at radius 3 is 2.28 bits per heavy atom. The second kappa shape index (κ2) is 4.82. The summed E-state index contributed by atoms with van der Waals surface area (Å²) in [6.45, 7) is 4.69. The Balaban J connectivity index is 1.68. The number of fused-ring (bicyclic) bond motifs is 2. The predicted octanol–water partition coefficient (Wildman–Crippen LogP) is 1.25. The van der Waals surface area contributed by atoms with Gasteiger partial charge in [-0.2, -0.15) is 0 Å². The zero-order valence-electron chi connectivity index (χ0n) is 10.9. The Labute approximate surface area is 108 Å². The maximum Gasteiger partial charge on any atom is 0.144 e. The molecule has 3 nitrogen and oxygen atoms in total. The molecular formula is C15H20N2O. The highest BCUT2D eigenvalue weighted by atomic mass is 16.1. The zero-order chi connectivity index (χ0) is 12.5. The molecule has 2 heterocycles. The van der Waals surface area contributed by atoms with Crippen LogP contribution in [-0.4, -0.2) is 48.8 Å². The molecule has 2 fully saturated rings. The summed E-state index contributed by atoms with van der Waals surface area (Å²) in [6.07, 6.45) is 0. The van der Waals surface area contributed by atoms with E-state index in [4.69, 9.17) is 0 Å². The molecule has 3 heteroatoms. The van der Waals surface area contributed by atoms with E-state index in [-0.39, 0.29) is 11.8 Å². The van der Waals surface area contributed by atoms with Crippen molar-refractivity contribution >= 4 is 5.78 Å². The van der Waals surface area contributed by atoms with Crippen molar-refractivity contribution in [2.24, 2.45) is 11.8 Å². The minimum atomic E-state index is 0.228. The molecule has 0 N–H and O–H groups in total. The van der Waals surface area contributed by atoms with Gasteiger partial charge in [0.05, 0.1) is 0 Å². The molecule has 0 aliphatic carbocycles. The maximum atomic E-state index is 12.1. The fourth-order valence-corrected chi connectivity index (χ4v) is 3.30. The number of carbonyl (C=O) groups excluding carboxylic acids is 1. The van der Waals surface area contributed by atoms with Crippen molar-refractivity contribution in [3.8, 4) is 0 Å². The van der Waals surface area contributed by atoms with E-state index in [2.05, 4.69) is 41.1 Å². The molecular weight excluding hydrogens is 224 g/mol. The fraction of sp³-hybridized carbons (Fsp3) is 0.533. The van der Waals surface area contributed by atoms with Crippen molar-refractivity contribution in [3.05, 3.63) is 35.9 Å². The minimum Gasteiger partial charge on any atom is -0.305 e. The average Bonchev–Trinajstić information content (AvgIpc) is 2.33. The minimum absolute atomic E-state index is 0.228. The first kappa shape index (κ1) is 11.9. The van der Waals surface area contributed by atoms with Crippen molar-refractivity contribution in [1.82, 2.24) is 9.80 Å². The molecule has 0 radical (unpaired) electrons. The van der Waals surface area contributed by atoms with E-state index in [1.54, 1.807) is 0 Å². The highest BCUT2D eigenvalue weighted by Gasteiger charge is 2.39. The first-order chi connectivity index (χ1) is 8.72. The van der Waals surface area contributed by atoms with Gasteiger partial charge in [0.25, 0.3) is 0 Å². The van der Waals surface area contributed by atoms with Gasteiger partial charge in [-0.3, -0.25) is 9.69 Å². The molecule has 2 aliphatic heterocycles. The van der Waals surface area contributed by atoms with Crippen LogP contribution >= 0.6 is 0 Å². The Kier molecular flexibility index (Phi) is 3.18. The van der Waals surface area contributed by atoms with Crippen molar-refractivity contribution in [2.75, 3.05) is 33.2 Å². The molecule has 2 aliphatic rings. The zero-order valence-corrected chi connectivity index (χ0v) is 10.9. The number of likely N-dealkylation sites (tertiary alicyclic amines) is 2. The van der Waals surface area contributed by atoms with Crippen molar-refractivity contribution in [2.45, 2.75) is 6.54 Å². The van der Waals surface area contributed by atoms with Gasteiger partial charge < -0.3 is 4.90 Å². The van der Waals surface area contributed by atoms with Gasteiger partial charge in [0.1, 0.15) is 5.78 Å². The monoisotopic (exact) mass is 244 g/mol. The molecule has 2 atom stereocenters. The summed E-state index contributed by atoms with van der Waals surface area (Å²) in [5, 5.41) is 0. The van der Waals surface area contributed by atoms with Crippen LogP contribution in [0.15, 0.2) is 30.3 Å². The average molecular weight is 244 g/mol. The quantitative estimate of drug-likeness (QED) is 0.782. The number of benzene rings is 1. The number of nitrogens with zero attached hydrogens (tertiary/aromatic N) is 2. The summed E-state index contributed by atoms with van der Waals surface area (Å²) in [4.78, 5) is 16.8. The van der Waals surface area contributed by atoms with Crippen LogP contribution in [0.4, 0.5) is 0 Å². The third-order valence-corrected chi connectivity index (χ3v) is 4.08. The Morgan fingerprint density at radius 1 is 1.06 bits per heavy atom. The topological polar surface area (TPSA) is 23.6 Å². The molecule has 18 heavy (non-hydrogen) atoms. The number of hydrogen-bond donors (Lipinski definition) is 0. The molecule has 0 amide bonds. The fourth-order valence-electron chi connectivity index (χ4n) is 3.30. The second-order valence-corrected chi connectivity index (χ2v) is 5.70. The standard InChI is InChI=1S/C15H20N2O/c1-16-8-13-10-17(11-14(9-16)15(13)18)7-12-5-3-2-4-6-12/h2-6,13-14H,7-11H2,1H3. The second-order valence-electron chi connectivity index (χ2n) is 5.70. The molecule has 0 spiro atoms. The van der Waals surface area contributed by atoms with E-state index in [9.17, 15) is 4.79 Å². The molecule has 2 unspecified atom stereocenters. The van der Waals surface area contributed by atoms with E-state index in [0.717, 1.165) is 32.7 Å². The van der Waals surface area contributed by atoms with Gasteiger partial charge in [-0.25, -0.2) is 0 Å². The molecule has 2 bridgehead atoms. The van der Waals surface area contributed by atoms with Crippen LogP contribution in [-0.2, 0) is 11.3 Å². The number of ketones is 1. The molecule has 1 aromatic carbocycles. The smallest absolute Gasteiger partial charge is 0.144 e. The van der Waals surface area contributed by atoms with E-state index >= 15 is 0 Å². The summed E-state index contributed by atoms with van der Waals surface area (Å²) < 4.78 is 0. The van der Waals surface area contributed by atoms with Crippen molar-refractivity contribution in [1.29, 1.82) is 0 Å². The summed E-state index contributed by atoms with van der Waals surface area (Å²) in [5.41, 5.74) is 1.35. The number of hydrogen-bond acceptors (Lipinski definition) is 3. The first-order valence-corrected chi connectivity index (χ1v) is 6.71. The molecule has 2 saturated heterocycles. The molecule has 3 rings (SSSR count). The van der Waals surface area contributed by atoms with Gasteiger partial charge in [0.15, 0.2) is 0 Å². The number of piperidine rings is 2. The number of carbonyl (C=O) groups is 1. The van der Waals surface area contributed by atoms with Crippen LogP contribution in [0.2, 0.25) is 0 Å². The van der Waals surface area contributed by atoms with E-state index in [1.165, 1.54) is 5.56 Å². The summed E-state index contributed by atoms with van der Waals surface area (Å²) in [5.74, 6) is 0.954. The lowest BCUT2D eigenvalue weighted by Gasteiger charge is -2.43. The summed E-state index contributed by atoms with van der Waals surface area (Å²) in [6, 6.07) is 10.5. The lowest BCUT2D eigenvalue weighted by Crippen LogP contribution is -2.56. The third-order valence-electron chi connectivity index (χ3n) is 4.08. The normalized spacial score (nSPS) is 29.5. The van der Waals surface area contributed by atoms with Crippen LogP contribution in [0.3, 0.4) is 0 Å². The van der Waals surface area contributed by atoms with Crippen molar-refractivity contribution < 1.29 is 4.79 Å². The Hall–Kier alpha value is -1.19. The van der Waals surface area contributed by atoms with Gasteiger partial charge >= 0.3 is 0 Å². The van der Waals surface area contributed by atoms with Gasteiger partial charge in [0.2, 0.25) is 0 Å². The van der Waals surface area contributed by atoms with E-state index in [1.807, 2.05) is 6.07 Å². The van der Waals surface area contributed by atoms with Gasteiger partial charge in [-0.1, -0.05) is 30.3 Å². The summed E-state index contributed by atoms with van der Waals surface area (Å²) in [7, 11) is 2.12. The van der Waals surface area contributed by atoms with Crippen LogP contribution in [0.5, 0.6) is 0 Å². The Bertz CT molecular complexity index is 413. The van der Waals surface area contributed by atoms with Crippen LogP contribution in [0, 0.1) is 11.8 Å². The molecule has 1 aromatic rings. The lowest BCUT2D eigenvalue weighted by atomic mass is 9.83. The van der Waals surface area contributed by atoms with Gasteiger partial charge in [-0.05, 0) is 12.6 Å². The molecule has 0 aromatic heterocycles. The summed E-state index contributed by atoms with van der Waals surface area (Å²) >= 11 is 0. The maximum absolute atomic E-state index is 12.1. The van der Waals surface area contributed by atoms with Crippen LogP contribution < -0.4 is 0 Å². The van der Waals surface area contributed by atoms with E-state index < -0.39 is 0 Å². The third kappa shape index (κ3) is 2.33. The number of Topliss-reactive ketones (excluding diaryl/α,β-unsaturated/α-hetero) is 1. The molecule has 96 valence electrons. The highest BCUT2D eigenvalue weighted by molar-refractivity contribution is 5.85. The first-order valence-electron chi connectivity index (χ1n) is 6.71. The van der Waals surface area contributed by atoms with Crippen LogP contribution in [0.25, 0.3) is 0 Å². The molecule has 0 saturated carbocycles. The highest BCUT2D eigenvalue weighted by Crippen LogP contribution is 2.25. The largest absolute Gasteiger partial charge is 0.305 e. The van der Waals surface area contributed by atoms with E-state index in [0.29, 0.717) is 5.78 Å². The predicted molar refractivity (Wildman–Crippen MR) is 71.2 cm³/mol. The lowest BCUT2D eigenvalue weighted by molar-refractivity contribution is -0.137. The van der Waals surface area contributed by atoms with Crippen LogP contribution in [0.1, 0.15) is 5.56 Å². The van der Waals surface area contributed by atoms with Gasteiger partial charge in [0, 0.05) is 44.6 Å². The van der Waals surface area contributed by atoms with Gasteiger partial charge in [-0.15, -0.1) is 0 Å². The van der Waals surface area contributed by atoms with Crippen molar-refractivity contribution in [3.63, 3.8) is 0 Å². The number of rotatable bonds is 2. The Morgan fingerprint density at radius 2 is 1.67 bits per heavy atom.